The van der Waals surface area contributed by atoms with E-state index in [4.69, 9.17) is 20.8 Å². The highest BCUT2D eigenvalue weighted by atomic mass is 35.5. The summed E-state index contributed by atoms with van der Waals surface area (Å²) in [4.78, 5) is 0. The van der Waals surface area contributed by atoms with Gasteiger partial charge in [-0.2, -0.15) is 0 Å². The average molecular weight is 266 g/mol. The van der Waals surface area contributed by atoms with Crippen molar-refractivity contribution in [2.45, 2.75) is 20.1 Å². The van der Waals surface area contributed by atoms with E-state index in [1.807, 2.05) is 18.2 Å². The lowest BCUT2D eigenvalue weighted by Gasteiger charge is -2.06. The second-order valence-corrected chi connectivity index (χ2v) is 4.33. The Morgan fingerprint density at radius 1 is 1.22 bits per heavy atom. The second-order valence-electron chi connectivity index (χ2n) is 3.89. The van der Waals surface area contributed by atoms with Gasteiger partial charge in [0.15, 0.2) is 0 Å². The van der Waals surface area contributed by atoms with Crippen LogP contribution >= 0.6 is 11.6 Å². The van der Waals surface area contributed by atoms with Gasteiger partial charge in [0.1, 0.15) is 18.1 Å². The lowest BCUT2D eigenvalue weighted by Crippen LogP contribution is -2.12. The zero-order chi connectivity index (χ0) is 12.8. The predicted octanol–water partition coefficient (Wildman–Crippen LogP) is 3.62. The molecule has 0 unspecified atom stereocenters. The summed E-state index contributed by atoms with van der Waals surface area (Å²) in [5.74, 6) is 1.64. The number of rotatable bonds is 6. The second kappa shape index (κ2) is 6.47. The molecule has 1 aromatic carbocycles. The molecule has 0 aliphatic carbocycles. The van der Waals surface area contributed by atoms with E-state index >= 15 is 0 Å². The summed E-state index contributed by atoms with van der Waals surface area (Å²) < 4.78 is 11.1. The molecule has 2 aromatic rings. The fourth-order valence-electron chi connectivity index (χ4n) is 1.59. The van der Waals surface area contributed by atoms with Gasteiger partial charge in [-0.15, -0.1) is 0 Å². The molecule has 4 heteroatoms. The van der Waals surface area contributed by atoms with Crippen molar-refractivity contribution in [3.63, 3.8) is 0 Å². The average Bonchev–Trinajstić information content (AvgIpc) is 2.83. The summed E-state index contributed by atoms with van der Waals surface area (Å²) in [5, 5.41) is 3.97. The number of benzene rings is 1. The summed E-state index contributed by atoms with van der Waals surface area (Å²) >= 11 is 5.81. The van der Waals surface area contributed by atoms with E-state index in [-0.39, 0.29) is 0 Å². The van der Waals surface area contributed by atoms with Gasteiger partial charge in [-0.3, -0.25) is 0 Å². The molecule has 0 aliphatic rings. The van der Waals surface area contributed by atoms with Crippen molar-refractivity contribution < 1.29 is 9.15 Å². The fourth-order valence-corrected chi connectivity index (χ4v) is 1.72. The summed E-state index contributed by atoms with van der Waals surface area (Å²) in [6, 6.07) is 9.25. The third-order valence-electron chi connectivity index (χ3n) is 2.59. The maximum atomic E-state index is 5.81. The SMILES string of the molecule is CCNCc1ccoc1COc1ccc(Cl)cc1. The molecule has 2 rings (SSSR count). The minimum absolute atomic E-state index is 0.426. The van der Waals surface area contributed by atoms with E-state index in [1.54, 1.807) is 18.4 Å². The molecule has 0 aliphatic heterocycles. The molecule has 1 aromatic heterocycles. The lowest BCUT2D eigenvalue weighted by molar-refractivity contribution is 0.268. The molecule has 0 saturated carbocycles. The van der Waals surface area contributed by atoms with Crippen molar-refractivity contribution in [2.24, 2.45) is 0 Å². The minimum Gasteiger partial charge on any atom is -0.486 e. The summed E-state index contributed by atoms with van der Waals surface area (Å²) in [6.45, 7) is 4.23. The summed E-state index contributed by atoms with van der Waals surface area (Å²) in [7, 11) is 0. The Morgan fingerprint density at radius 3 is 2.72 bits per heavy atom. The fraction of sp³-hybridized carbons (Fsp3) is 0.286. The molecule has 96 valence electrons. The van der Waals surface area contributed by atoms with E-state index in [9.17, 15) is 0 Å². The Labute approximate surface area is 112 Å². The van der Waals surface area contributed by atoms with E-state index in [2.05, 4.69) is 12.2 Å². The van der Waals surface area contributed by atoms with E-state index in [1.165, 1.54) is 0 Å². The topological polar surface area (TPSA) is 34.4 Å². The van der Waals surface area contributed by atoms with Gasteiger partial charge in [0.25, 0.3) is 0 Å². The van der Waals surface area contributed by atoms with Crippen molar-refractivity contribution in [2.75, 3.05) is 6.54 Å². The smallest absolute Gasteiger partial charge is 0.146 e. The Bertz CT molecular complexity index is 479. The molecule has 1 heterocycles. The minimum atomic E-state index is 0.426. The number of nitrogens with one attached hydrogen (secondary N) is 1. The van der Waals surface area contributed by atoms with Crippen molar-refractivity contribution in [3.8, 4) is 5.75 Å². The molecule has 0 fully saturated rings. The number of furan rings is 1. The van der Waals surface area contributed by atoms with Crippen molar-refractivity contribution in [1.82, 2.24) is 5.32 Å². The first kappa shape index (κ1) is 13.0. The van der Waals surface area contributed by atoms with Crippen LogP contribution in [-0.4, -0.2) is 6.54 Å². The Balaban J connectivity index is 1.93. The normalized spacial score (nSPS) is 10.6. The number of ether oxygens (including phenoxy) is 1. The monoisotopic (exact) mass is 265 g/mol. The molecular weight excluding hydrogens is 250 g/mol. The third-order valence-corrected chi connectivity index (χ3v) is 2.84. The Kier molecular flexibility index (Phi) is 4.67. The maximum absolute atomic E-state index is 5.81. The van der Waals surface area contributed by atoms with Crippen LogP contribution in [0, 0.1) is 0 Å². The molecule has 0 saturated heterocycles. The number of hydrogen-bond acceptors (Lipinski definition) is 3. The van der Waals surface area contributed by atoms with Crippen molar-refractivity contribution >= 4 is 11.6 Å². The van der Waals surface area contributed by atoms with Crippen LogP contribution in [0.15, 0.2) is 41.0 Å². The molecule has 3 nitrogen and oxygen atoms in total. The van der Waals surface area contributed by atoms with Gasteiger partial charge < -0.3 is 14.5 Å². The van der Waals surface area contributed by atoms with Crippen LogP contribution in [0.3, 0.4) is 0 Å². The highest BCUT2D eigenvalue weighted by Crippen LogP contribution is 2.18. The Morgan fingerprint density at radius 2 is 2.00 bits per heavy atom. The molecule has 1 N–H and O–H groups in total. The molecule has 0 amide bonds. The highest BCUT2D eigenvalue weighted by molar-refractivity contribution is 6.30. The predicted molar refractivity (Wildman–Crippen MR) is 71.9 cm³/mol. The van der Waals surface area contributed by atoms with Crippen LogP contribution in [0.2, 0.25) is 5.02 Å². The first-order valence-electron chi connectivity index (χ1n) is 5.94. The largest absolute Gasteiger partial charge is 0.486 e. The van der Waals surface area contributed by atoms with Gasteiger partial charge in [0.2, 0.25) is 0 Å². The van der Waals surface area contributed by atoms with Crippen LogP contribution in [0.1, 0.15) is 18.2 Å². The van der Waals surface area contributed by atoms with Crippen LogP contribution in [0.4, 0.5) is 0 Å². The molecule has 0 spiro atoms. The summed E-state index contributed by atoms with van der Waals surface area (Å²) in [5.41, 5.74) is 1.13. The zero-order valence-corrected chi connectivity index (χ0v) is 11.0. The highest BCUT2D eigenvalue weighted by Gasteiger charge is 2.06. The molecule has 0 atom stereocenters. The standard InChI is InChI=1S/C14H16ClNO2/c1-2-16-9-11-7-8-17-14(11)10-18-13-5-3-12(15)4-6-13/h3-8,16H,2,9-10H2,1H3. The van der Waals surface area contributed by atoms with Gasteiger partial charge in [0.05, 0.1) is 6.26 Å². The van der Waals surface area contributed by atoms with Crippen LogP contribution in [0.5, 0.6) is 5.75 Å². The molecule has 0 radical (unpaired) electrons. The van der Waals surface area contributed by atoms with Gasteiger partial charge in [0, 0.05) is 17.1 Å². The van der Waals surface area contributed by atoms with E-state index < -0.39 is 0 Å². The Hall–Kier alpha value is -1.45. The van der Waals surface area contributed by atoms with E-state index in [0.717, 1.165) is 30.2 Å². The maximum Gasteiger partial charge on any atom is 0.146 e. The van der Waals surface area contributed by atoms with Crippen molar-refractivity contribution in [3.05, 3.63) is 52.9 Å². The molecular formula is C14H16ClNO2. The first-order valence-corrected chi connectivity index (χ1v) is 6.31. The molecule has 18 heavy (non-hydrogen) atoms. The van der Waals surface area contributed by atoms with Gasteiger partial charge >= 0.3 is 0 Å². The quantitative estimate of drug-likeness (QED) is 0.866. The summed E-state index contributed by atoms with van der Waals surface area (Å²) in [6.07, 6.45) is 1.69. The van der Waals surface area contributed by atoms with Crippen LogP contribution in [-0.2, 0) is 13.2 Å². The lowest BCUT2D eigenvalue weighted by atomic mass is 10.2. The van der Waals surface area contributed by atoms with Gasteiger partial charge in [-0.1, -0.05) is 18.5 Å². The number of hydrogen-bond donors (Lipinski definition) is 1. The van der Waals surface area contributed by atoms with Crippen LogP contribution < -0.4 is 10.1 Å². The molecule has 0 bridgehead atoms. The number of halogens is 1. The first-order chi connectivity index (χ1) is 8.79. The zero-order valence-electron chi connectivity index (χ0n) is 10.3. The van der Waals surface area contributed by atoms with Crippen LogP contribution in [0.25, 0.3) is 0 Å². The van der Waals surface area contributed by atoms with Crippen molar-refractivity contribution in [1.29, 1.82) is 0 Å². The van der Waals surface area contributed by atoms with E-state index in [0.29, 0.717) is 11.6 Å². The van der Waals surface area contributed by atoms with Gasteiger partial charge in [-0.25, -0.2) is 0 Å². The van der Waals surface area contributed by atoms with Gasteiger partial charge in [-0.05, 0) is 36.9 Å². The third kappa shape index (κ3) is 3.52.